The number of benzene rings is 1. The number of anilines is 1. The van der Waals surface area contributed by atoms with Crippen LogP contribution in [0, 0.1) is 17.8 Å². The highest BCUT2D eigenvalue weighted by molar-refractivity contribution is 5.60. The van der Waals surface area contributed by atoms with Crippen LogP contribution in [0.25, 0.3) is 0 Å². The van der Waals surface area contributed by atoms with E-state index in [1.807, 2.05) is 6.07 Å². The predicted octanol–water partition coefficient (Wildman–Crippen LogP) is 3.15. The van der Waals surface area contributed by atoms with Crippen LogP contribution >= 0.6 is 0 Å². The van der Waals surface area contributed by atoms with Gasteiger partial charge in [-0.15, -0.1) is 0 Å². The average molecular weight is 259 g/mol. The fraction of sp³-hybridized carbons (Fsp3) is 0.625. The molecule has 4 fully saturated rings. The topological polar surface area (TPSA) is 66.5 Å². The fourth-order valence-electron chi connectivity index (χ4n) is 5.46. The van der Waals surface area contributed by atoms with Crippen molar-refractivity contribution >= 4 is 5.69 Å². The van der Waals surface area contributed by atoms with Crippen molar-refractivity contribution in [3.63, 3.8) is 0 Å². The summed E-state index contributed by atoms with van der Waals surface area (Å²) in [5.74, 6) is 2.72. The van der Waals surface area contributed by atoms with Gasteiger partial charge in [-0.2, -0.15) is 0 Å². The summed E-state index contributed by atoms with van der Waals surface area (Å²) in [5, 5.41) is 19.9. The van der Waals surface area contributed by atoms with Crippen LogP contribution in [0.5, 0.6) is 11.5 Å². The second-order valence-corrected chi connectivity index (χ2v) is 7.13. The summed E-state index contributed by atoms with van der Waals surface area (Å²) in [7, 11) is 0. The largest absolute Gasteiger partial charge is 0.508 e. The van der Waals surface area contributed by atoms with Crippen LogP contribution in [-0.2, 0) is 5.41 Å². The van der Waals surface area contributed by atoms with E-state index < -0.39 is 0 Å². The molecule has 4 aliphatic carbocycles. The number of hydrogen-bond donors (Lipinski definition) is 3. The van der Waals surface area contributed by atoms with E-state index in [2.05, 4.69) is 0 Å². The Hall–Kier alpha value is -1.38. The van der Waals surface area contributed by atoms with Crippen molar-refractivity contribution in [3.05, 3.63) is 17.7 Å². The molecule has 0 heterocycles. The predicted molar refractivity (Wildman–Crippen MR) is 74.0 cm³/mol. The van der Waals surface area contributed by atoms with E-state index in [9.17, 15) is 10.2 Å². The molecule has 1 aromatic carbocycles. The van der Waals surface area contributed by atoms with Gasteiger partial charge in [0.25, 0.3) is 0 Å². The third-order valence-corrected chi connectivity index (χ3v) is 5.75. The molecule has 0 radical (unpaired) electrons. The van der Waals surface area contributed by atoms with E-state index in [0.29, 0.717) is 5.69 Å². The normalized spacial score (nSPS) is 39.7. The van der Waals surface area contributed by atoms with Crippen molar-refractivity contribution in [3.8, 4) is 11.5 Å². The monoisotopic (exact) mass is 259 g/mol. The minimum absolute atomic E-state index is 0.00835. The molecular formula is C16H21NO2. The van der Waals surface area contributed by atoms with Crippen LogP contribution < -0.4 is 5.73 Å². The summed E-state index contributed by atoms with van der Waals surface area (Å²) in [6, 6.07) is 3.24. The maximum atomic E-state index is 10.3. The molecule has 4 aliphatic rings. The maximum Gasteiger partial charge on any atom is 0.142 e. The van der Waals surface area contributed by atoms with Gasteiger partial charge in [0.2, 0.25) is 0 Å². The molecule has 3 heteroatoms. The van der Waals surface area contributed by atoms with E-state index in [1.165, 1.54) is 44.6 Å². The van der Waals surface area contributed by atoms with Crippen LogP contribution in [0.1, 0.15) is 44.1 Å². The SMILES string of the molecule is Nc1cc(C23CC4CC(CC(C4)C2)C3)c(O)cc1O. The van der Waals surface area contributed by atoms with E-state index >= 15 is 0 Å². The van der Waals surface area contributed by atoms with E-state index in [0.717, 1.165) is 23.3 Å². The molecule has 4 bridgehead atoms. The molecule has 0 aromatic heterocycles. The standard InChI is InChI=1S/C16H21NO2/c17-13-4-12(14(18)5-15(13)19)16-6-9-1-10(7-16)3-11(2-9)8-16/h4-5,9-11,18-19H,1-3,6-8,17H2. The minimum atomic E-state index is -0.00835. The molecule has 3 nitrogen and oxygen atoms in total. The van der Waals surface area contributed by atoms with Gasteiger partial charge in [0.05, 0.1) is 5.69 Å². The van der Waals surface area contributed by atoms with Crippen molar-refractivity contribution in [2.75, 3.05) is 5.73 Å². The third kappa shape index (κ3) is 1.57. The molecule has 5 rings (SSSR count). The lowest BCUT2D eigenvalue weighted by molar-refractivity contribution is -0.00612. The third-order valence-electron chi connectivity index (χ3n) is 5.75. The lowest BCUT2D eigenvalue weighted by atomic mass is 9.48. The number of phenols is 2. The molecule has 0 amide bonds. The lowest BCUT2D eigenvalue weighted by Crippen LogP contribution is -2.48. The summed E-state index contributed by atoms with van der Waals surface area (Å²) in [5.41, 5.74) is 7.35. The molecule has 4 N–H and O–H groups in total. The van der Waals surface area contributed by atoms with Crippen molar-refractivity contribution in [2.45, 2.75) is 43.9 Å². The zero-order valence-electron chi connectivity index (χ0n) is 11.1. The minimum Gasteiger partial charge on any atom is -0.508 e. The number of rotatable bonds is 1. The Labute approximate surface area is 113 Å². The first-order valence-electron chi connectivity index (χ1n) is 7.38. The van der Waals surface area contributed by atoms with Crippen LogP contribution in [0.2, 0.25) is 0 Å². The van der Waals surface area contributed by atoms with Crippen LogP contribution in [-0.4, -0.2) is 10.2 Å². The van der Waals surface area contributed by atoms with E-state index in [1.54, 1.807) is 0 Å². The molecule has 0 spiro atoms. The quantitative estimate of drug-likeness (QED) is 0.412. The Balaban J connectivity index is 1.81. The van der Waals surface area contributed by atoms with Gasteiger partial charge < -0.3 is 15.9 Å². The van der Waals surface area contributed by atoms with Crippen LogP contribution in [0.15, 0.2) is 12.1 Å². The van der Waals surface area contributed by atoms with Gasteiger partial charge in [-0.1, -0.05) is 0 Å². The molecular weight excluding hydrogens is 238 g/mol. The van der Waals surface area contributed by atoms with Crippen LogP contribution in [0.3, 0.4) is 0 Å². The highest BCUT2D eigenvalue weighted by atomic mass is 16.3. The van der Waals surface area contributed by atoms with Crippen molar-refractivity contribution in [1.82, 2.24) is 0 Å². The molecule has 0 aliphatic heterocycles. The van der Waals surface area contributed by atoms with E-state index in [-0.39, 0.29) is 16.9 Å². The summed E-state index contributed by atoms with van der Waals surface area (Å²) in [6.45, 7) is 0. The summed E-state index contributed by atoms with van der Waals surface area (Å²) < 4.78 is 0. The number of hydrogen-bond acceptors (Lipinski definition) is 3. The first-order chi connectivity index (χ1) is 9.06. The zero-order chi connectivity index (χ0) is 13.2. The molecule has 0 unspecified atom stereocenters. The summed E-state index contributed by atoms with van der Waals surface area (Å²) in [6.07, 6.45) is 7.72. The Bertz CT molecular complexity index is 503. The average Bonchev–Trinajstić information content (AvgIpc) is 2.32. The molecule has 0 saturated heterocycles. The van der Waals surface area contributed by atoms with Crippen molar-refractivity contribution < 1.29 is 10.2 Å². The molecule has 19 heavy (non-hydrogen) atoms. The second kappa shape index (κ2) is 3.59. The van der Waals surface area contributed by atoms with Crippen molar-refractivity contribution in [1.29, 1.82) is 0 Å². The van der Waals surface area contributed by atoms with Crippen LogP contribution in [0.4, 0.5) is 5.69 Å². The number of aromatic hydroxyl groups is 2. The maximum absolute atomic E-state index is 10.3. The first kappa shape index (κ1) is 11.4. The number of nitrogen functional groups attached to an aromatic ring is 1. The Morgan fingerprint density at radius 2 is 1.42 bits per heavy atom. The smallest absolute Gasteiger partial charge is 0.142 e. The van der Waals surface area contributed by atoms with E-state index in [4.69, 9.17) is 5.73 Å². The van der Waals surface area contributed by atoms with Gasteiger partial charge in [0.15, 0.2) is 0 Å². The van der Waals surface area contributed by atoms with Gasteiger partial charge >= 0.3 is 0 Å². The number of nitrogens with two attached hydrogens (primary N) is 1. The Morgan fingerprint density at radius 1 is 0.895 bits per heavy atom. The molecule has 0 atom stereocenters. The van der Waals surface area contributed by atoms with Gasteiger partial charge in [-0.05, 0) is 67.8 Å². The van der Waals surface area contributed by atoms with Gasteiger partial charge in [0, 0.05) is 11.6 Å². The van der Waals surface area contributed by atoms with Gasteiger partial charge in [-0.3, -0.25) is 0 Å². The Kier molecular flexibility index (Phi) is 2.16. The van der Waals surface area contributed by atoms with Crippen molar-refractivity contribution in [2.24, 2.45) is 17.8 Å². The summed E-state index contributed by atoms with van der Waals surface area (Å²) in [4.78, 5) is 0. The summed E-state index contributed by atoms with van der Waals surface area (Å²) >= 11 is 0. The zero-order valence-corrected chi connectivity index (χ0v) is 11.1. The first-order valence-corrected chi connectivity index (χ1v) is 7.38. The highest BCUT2D eigenvalue weighted by Gasteiger charge is 2.52. The molecule has 4 saturated carbocycles. The lowest BCUT2D eigenvalue weighted by Gasteiger charge is -2.57. The highest BCUT2D eigenvalue weighted by Crippen LogP contribution is 2.62. The number of phenolic OH excluding ortho intramolecular Hbond substituents is 2. The Morgan fingerprint density at radius 3 is 1.95 bits per heavy atom. The fourth-order valence-corrected chi connectivity index (χ4v) is 5.46. The van der Waals surface area contributed by atoms with Gasteiger partial charge in [0.1, 0.15) is 11.5 Å². The van der Waals surface area contributed by atoms with Gasteiger partial charge in [-0.25, -0.2) is 0 Å². The molecule has 102 valence electrons. The molecule has 1 aromatic rings. The second-order valence-electron chi connectivity index (χ2n) is 7.13.